The molecule has 3 N–H and O–H groups in total. The Morgan fingerprint density at radius 1 is 1.44 bits per heavy atom. The highest BCUT2D eigenvalue weighted by molar-refractivity contribution is 6.36. The Hall–Kier alpha value is -2.08. The van der Waals surface area contributed by atoms with Crippen molar-refractivity contribution in [1.82, 2.24) is 14.9 Å². The van der Waals surface area contributed by atoms with Gasteiger partial charge in [0.25, 0.3) is 5.91 Å². The van der Waals surface area contributed by atoms with Crippen molar-refractivity contribution in [3.05, 3.63) is 29.0 Å². The molecule has 7 heteroatoms. The Kier molecular flexibility index (Phi) is 5.27. The predicted molar refractivity (Wildman–Crippen MR) is 97.4 cm³/mol. The number of hydrogen-bond donors (Lipinski definition) is 2. The van der Waals surface area contributed by atoms with Gasteiger partial charge in [0, 0.05) is 18.9 Å². The van der Waals surface area contributed by atoms with Crippen molar-refractivity contribution in [3.8, 4) is 0 Å². The summed E-state index contributed by atoms with van der Waals surface area (Å²) in [6, 6.07) is 1.64. The number of carbonyl (C=O) groups is 2. The first-order chi connectivity index (χ1) is 12.0. The summed E-state index contributed by atoms with van der Waals surface area (Å²) in [5, 5.41) is 4.01. The molecule has 3 rings (SSSR count). The molecular weight excluding hydrogens is 340 g/mol. The molecule has 2 atom stereocenters. The first kappa shape index (κ1) is 17.7. The van der Waals surface area contributed by atoms with Gasteiger partial charge in [0.1, 0.15) is 12.2 Å². The Labute approximate surface area is 151 Å². The van der Waals surface area contributed by atoms with Crippen LogP contribution in [0.5, 0.6) is 0 Å². The number of carbonyl (C=O) groups excluding carboxylic acids is 2. The number of halogens is 1. The van der Waals surface area contributed by atoms with E-state index in [1.807, 2.05) is 0 Å². The second-order valence-corrected chi connectivity index (χ2v) is 7.38. The third kappa shape index (κ3) is 3.95. The summed E-state index contributed by atoms with van der Waals surface area (Å²) in [6.45, 7) is 2.87. The molecule has 2 unspecified atom stereocenters. The van der Waals surface area contributed by atoms with Gasteiger partial charge in [-0.3, -0.25) is 9.59 Å². The molecule has 0 aliphatic heterocycles. The average molecular weight is 363 g/mol. The van der Waals surface area contributed by atoms with Gasteiger partial charge in [0.15, 0.2) is 0 Å². The number of fused-ring (bicyclic) bond motifs is 1. The maximum absolute atomic E-state index is 12.7. The fraction of sp³-hybridized carbons (Fsp3) is 0.500. The minimum absolute atomic E-state index is 0.0444. The molecule has 25 heavy (non-hydrogen) atoms. The Morgan fingerprint density at radius 3 is 2.96 bits per heavy atom. The average Bonchev–Trinajstić information content (AvgIpc) is 2.92. The zero-order valence-electron chi connectivity index (χ0n) is 14.3. The minimum Gasteiger partial charge on any atom is -0.368 e. The van der Waals surface area contributed by atoms with Crippen LogP contribution >= 0.6 is 11.6 Å². The van der Waals surface area contributed by atoms with Crippen LogP contribution in [0, 0.1) is 11.8 Å². The predicted octanol–water partition coefficient (Wildman–Crippen LogP) is 2.73. The number of nitrogens with one attached hydrogen (secondary N) is 1. The van der Waals surface area contributed by atoms with E-state index in [0.29, 0.717) is 40.0 Å². The lowest BCUT2D eigenvalue weighted by atomic mass is 9.82. The summed E-state index contributed by atoms with van der Waals surface area (Å²) >= 11 is 6.27. The van der Waals surface area contributed by atoms with Crippen molar-refractivity contribution >= 4 is 34.4 Å². The van der Waals surface area contributed by atoms with Gasteiger partial charge < -0.3 is 15.6 Å². The number of rotatable bonds is 5. The number of aromatic nitrogens is 2. The van der Waals surface area contributed by atoms with Crippen molar-refractivity contribution in [1.29, 1.82) is 0 Å². The lowest BCUT2D eigenvalue weighted by Crippen LogP contribution is -2.31. The van der Waals surface area contributed by atoms with Crippen LogP contribution in [-0.4, -0.2) is 27.9 Å². The van der Waals surface area contributed by atoms with Gasteiger partial charge in [-0.1, -0.05) is 31.4 Å². The van der Waals surface area contributed by atoms with E-state index in [4.69, 9.17) is 17.3 Å². The fourth-order valence-corrected chi connectivity index (χ4v) is 3.96. The van der Waals surface area contributed by atoms with Crippen LogP contribution in [0.3, 0.4) is 0 Å². The highest BCUT2D eigenvalue weighted by atomic mass is 35.5. The van der Waals surface area contributed by atoms with Crippen molar-refractivity contribution < 1.29 is 9.59 Å². The minimum atomic E-state index is -0.498. The van der Waals surface area contributed by atoms with Gasteiger partial charge in [0.05, 0.1) is 16.0 Å². The Balaban J connectivity index is 1.82. The molecule has 0 aromatic carbocycles. The van der Waals surface area contributed by atoms with Gasteiger partial charge in [0.2, 0.25) is 5.91 Å². The lowest BCUT2D eigenvalue weighted by molar-refractivity contribution is -0.118. The molecule has 1 aliphatic rings. The van der Waals surface area contributed by atoms with E-state index in [1.54, 1.807) is 23.0 Å². The largest absolute Gasteiger partial charge is 0.368 e. The molecule has 0 bridgehead atoms. The summed E-state index contributed by atoms with van der Waals surface area (Å²) in [7, 11) is 0. The normalized spacial score (nSPS) is 20.6. The van der Waals surface area contributed by atoms with E-state index in [2.05, 4.69) is 17.2 Å². The van der Waals surface area contributed by atoms with Crippen LogP contribution in [0.1, 0.15) is 43.0 Å². The first-order valence-corrected chi connectivity index (χ1v) is 9.03. The molecule has 2 amide bonds. The lowest BCUT2D eigenvalue weighted by Gasteiger charge is -2.26. The molecule has 2 aromatic heterocycles. The van der Waals surface area contributed by atoms with E-state index >= 15 is 0 Å². The first-order valence-electron chi connectivity index (χ1n) is 8.65. The summed E-state index contributed by atoms with van der Waals surface area (Å²) in [4.78, 5) is 28.2. The fourth-order valence-electron chi connectivity index (χ4n) is 3.71. The van der Waals surface area contributed by atoms with Crippen LogP contribution in [0.15, 0.2) is 18.5 Å². The highest BCUT2D eigenvalue weighted by Gasteiger charge is 2.22. The number of nitrogens with zero attached hydrogens (tertiary/aromatic N) is 2. The summed E-state index contributed by atoms with van der Waals surface area (Å²) in [5.41, 5.74) is 6.20. The van der Waals surface area contributed by atoms with Gasteiger partial charge in [-0.05, 0) is 30.7 Å². The zero-order chi connectivity index (χ0) is 18.0. The van der Waals surface area contributed by atoms with Crippen LogP contribution in [0.25, 0.3) is 11.0 Å². The monoisotopic (exact) mass is 362 g/mol. The number of primary amides is 1. The van der Waals surface area contributed by atoms with E-state index < -0.39 is 5.91 Å². The van der Waals surface area contributed by atoms with E-state index in [0.717, 1.165) is 12.8 Å². The van der Waals surface area contributed by atoms with Crippen LogP contribution < -0.4 is 11.1 Å². The third-order valence-electron chi connectivity index (χ3n) is 4.87. The molecule has 0 spiro atoms. The maximum atomic E-state index is 12.7. The van der Waals surface area contributed by atoms with Crippen molar-refractivity contribution in [3.63, 3.8) is 0 Å². The van der Waals surface area contributed by atoms with E-state index in [1.165, 1.54) is 12.8 Å². The number of nitrogens with two attached hydrogens (primary N) is 1. The van der Waals surface area contributed by atoms with Gasteiger partial charge in [-0.2, -0.15) is 0 Å². The molecule has 6 nitrogen and oxygen atoms in total. The summed E-state index contributed by atoms with van der Waals surface area (Å²) < 4.78 is 1.57. The van der Waals surface area contributed by atoms with Gasteiger partial charge in [-0.15, -0.1) is 0 Å². The molecule has 1 aliphatic carbocycles. The van der Waals surface area contributed by atoms with E-state index in [-0.39, 0.29) is 12.5 Å². The molecule has 1 saturated carbocycles. The smallest absolute Gasteiger partial charge is 0.253 e. The van der Waals surface area contributed by atoms with Crippen molar-refractivity contribution in [2.24, 2.45) is 17.6 Å². The number of hydrogen-bond acceptors (Lipinski definition) is 3. The molecule has 2 heterocycles. The Bertz CT molecular complexity index is 802. The van der Waals surface area contributed by atoms with Gasteiger partial charge >= 0.3 is 0 Å². The third-order valence-corrected chi connectivity index (χ3v) is 5.19. The van der Waals surface area contributed by atoms with Crippen LogP contribution in [0.4, 0.5) is 0 Å². The number of pyridine rings is 1. The van der Waals surface area contributed by atoms with Crippen LogP contribution in [0.2, 0.25) is 5.02 Å². The molecule has 0 radical (unpaired) electrons. The summed E-state index contributed by atoms with van der Waals surface area (Å²) in [5.74, 6) is 0.537. The molecule has 0 saturated heterocycles. The van der Waals surface area contributed by atoms with Crippen molar-refractivity contribution in [2.45, 2.75) is 39.2 Å². The van der Waals surface area contributed by atoms with E-state index in [9.17, 15) is 9.59 Å². The molecule has 134 valence electrons. The quantitative estimate of drug-likeness (QED) is 0.856. The zero-order valence-corrected chi connectivity index (χ0v) is 15.1. The second kappa shape index (κ2) is 7.44. The standard InChI is InChI=1S/C18H23ClN4O2/c1-11-3-2-4-12(7-11)8-22-18(25)13-9-23(10-15(20)24)17-16(13)14(19)5-6-21-17/h5-6,9,11-12H,2-4,7-8,10H2,1H3,(H2,20,24)(H,22,25). The van der Waals surface area contributed by atoms with Crippen molar-refractivity contribution in [2.75, 3.05) is 6.54 Å². The maximum Gasteiger partial charge on any atom is 0.253 e. The van der Waals surface area contributed by atoms with Gasteiger partial charge in [-0.25, -0.2) is 4.98 Å². The molecular formula is C18H23ClN4O2. The number of amides is 2. The Morgan fingerprint density at radius 2 is 2.24 bits per heavy atom. The summed E-state index contributed by atoms with van der Waals surface area (Å²) in [6.07, 6.45) is 7.94. The van der Waals surface area contributed by atoms with Crippen LogP contribution in [-0.2, 0) is 11.3 Å². The molecule has 2 aromatic rings. The topological polar surface area (TPSA) is 90.0 Å². The highest BCUT2D eigenvalue weighted by Crippen LogP contribution is 2.29. The SMILES string of the molecule is CC1CCCC(CNC(=O)c2cn(CC(N)=O)c3nccc(Cl)c23)C1. The molecule has 1 fully saturated rings. The second-order valence-electron chi connectivity index (χ2n) is 6.98.